The Hall–Kier alpha value is -3.58. The van der Waals surface area contributed by atoms with Gasteiger partial charge in [-0.15, -0.1) is 0 Å². The van der Waals surface area contributed by atoms with Crippen LogP contribution in [0.3, 0.4) is 0 Å². The molecule has 4 N–H and O–H groups in total. The molecule has 0 radical (unpaired) electrons. The van der Waals surface area contributed by atoms with Crippen molar-refractivity contribution in [2.24, 2.45) is 5.92 Å². The van der Waals surface area contributed by atoms with Crippen molar-refractivity contribution in [3.8, 4) is 11.5 Å². The molecule has 0 saturated carbocycles. The average molecular weight is 481 g/mol. The predicted molar refractivity (Wildman–Crippen MR) is 114 cm³/mol. The minimum atomic E-state index is -4.69. The van der Waals surface area contributed by atoms with Gasteiger partial charge >= 0.3 is 6.18 Å². The van der Waals surface area contributed by atoms with E-state index in [1.54, 1.807) is 6.07 Å². The molecule has 2 heterocycles. The first-order chi connectivity index (χ1) is 16.2. The second-order valence-electron chi connectivity index (χ2n) is 7.72. The van der Waals surface area contributed by atoms with E-state index in [1.165, 1.54) is 0 Å². The highest BCUT2D eigenvalue weighted by molar-refractivity contribution is 5.80. The maximum Gasteiger partial charge on any atom is 0.416 e. The zero-order valence-corrected chi connectivity index (χ0v) is 17.8. The number of nitrogens with one attached hydrogen (secondary N) is 4. The molecule has 182 valence electrons. The number of benzene rings is 2. The number of fused-ring (bicyclic) bond motifs is 1. The smallest absolute Gasteiger partial charge is 0.416 e. The summed E-state index contributed by atoms with van der Waals surface area (Å²) >= 11 is 0. The number of hydrogen-bond acceptors (Lipinski definition) is 8. The van der Waals surface area contributed by atoms with Gasteiger partial charge in [0.25, 0.3) is 5.69 Å². The Kier molecular flexibility index (Phi) is 6.75. The van der Waals surface area contributed by atoms with Crippen LogP contribution in [-0.2, 0) is 11.0 Å². The summed E-state index contributed by atoms with van der Waals surface area (Å²) < 4.78 is 49.6. The van der Waals surface area contributed by atoms with Crippen LogP contribution in [0.4, 0.5) is 24.5 Å². The van der Waals surface area contributed by atoms with Crippen molar-refractivity contribution in [3.05, 3.63) is 57.6 Å². The first-order valence-corrected chi connectivity index (χ1v) is 10.5. The third-order valence-corrected chi connectivity index (χ3v) is 5.51. The van der Waals surface area contributed by atoms with E-state index >= 15 is 0 Å². The molecule has 2 aliphatic rings. The van der Waals surface area contributed by atoms with Crippen molar-refractivity contribution in [2.75, 3.05) is 38.2 Å². The highest BCUT2D eigenvalue weighted by Crippen LogP contribution is 2.36. The molecule has 0 spiro atoms. The number of nitro groups is 1. The number of alkyl halides is 3. The van der Waals surface area contributed by atoms with E-state index in [9.17, 15) is 28.1 Å². The van der Waals surface area contributed by atoms with Crippen molar-refractivity contribution in [3.63, 3.8) is 0 Å². The van der Waals surface area contributed by atoms with E-state index in [0.29, 0.717) is 37.3 Å². The number of nitro benzene ring substituents is 1. The van der Waals surface area contributed by atoms with Gasteiger partial charge in [-0.3, -0.25) is 20.3 Å². The van der Waals surface area contributed by atoms with Crippen molar-refractivity contribution >= 4 is 17.3 Å². The van der Waals surface area contributed by atoms with E-state index in [-0.39, 0.29) is 30.7 Å². The minimum absolute atomic E-state index is 0.0643. The monoisotopic (exact) mass is 481 g/mol. The molecule has 0 aromatic heterocycles. The van der Waals surface area contributed by atoms with Crippen molar-refractivity contribution in [1.82, 2.24) is 16.2 Å². The number of nitrogens with zero attached hydrogens (tertiary/aromatic N) is 1. The molecule has 2 aromatic rings. The summed E-state index contributed by atoms with van der Waals surface area (Å²) in [5.74, 6) is 0.563. The number of hydrazine groups is 1. The lowest BCUT2D eigenvalue weighted by Gasteiger charge is -2.22. The number of rotatable bonds is 7. The van der Waals surface area contributed by atoms with Crippen LogP contribution in [0, 0.1) is 16.0 Å². The molecule has 2 atom stereocenters. The number of ether oxygens (including phenoxy) is 2. The zero-order valence-electron chi connectivity index (χ0n) is 17.8. The quantitative estimate of drug-likeness (QED) is 0.270. The van der Waals surface area contributed by atoms with Crippen molar-refractivity contribution < 1.29 is 32.4 Å². The summed E-state index contributed by atoms with van der Waals surface area (Å²) in [6.45, 7) is 1.50. The second-order valence-corrected chi connectivity index (χ2v) is 7.72. The summed E-state index contributed by atoms with van der Waals surface area (Å²) in [6.07, 6.45) is -4.69. The number of anilines is 1. The molecule has 13 heteroatoms. The van der Waals surface area contributed by atoms with Crippen molar-refractivity contribution in [2.45, 2.75) is 12.2 Å². The van der Waals surface area contributed by atoms with E-state index in [1.807, 2.05) is 12.1 Å². The standard InChI is InChI=1S/C21H22F3N5O5/c22-21(23,24)13-2-3-15(16(10-13)29(31)32)25-5-6-26-20(30)14-11-27-28-19(14)12-1-4-17-18(9-12)34-8-7-33-17/h1-4,9-10,14,19,25,27-28H,5-8,11H2,(H,26,30). The van der Waals surface area contributed by atoms with Crippen LogP contribution in [0.2, 0.25) is 0 Å². The van der Waals surface area contributed by atoms with E-state index in [0.717, 1.165) is 17.7 Å². The fourth-order valence-electron chi connectivity index (χ4n) is 3.83. The van der Waals surface area contributed by atoms with Crippen LogP contribution < -0.4 is 31.0 Å². The van der Waals surface area contributed by atoms with E-state index < -0.39 is 28.3 Å². The fourth-order valence-corrected chi connectivity index (χ4v) is 3.83. The molecular weight excluding hydrogens is 459 g/mol. The second kappa shape index (κ2) is 9.73. The summed E-state index contributed by atoms with van der Waals surface area (Å²) in [7, 11) is 0. The Morgan fingerprint density at radius 2 is 1.88 bits per heavy atom. The predicted octanol–water partition coefficient (Wildman–Crippen LogP) is 2.38. The average Bonchev–Trinajstić information content (AvgIpc) is 3.31. The first-order valence-electron chi connectivity index (χ1n) is 10.5. The lowest BCUT2D eigenvalue weighted by atomic mass is 9.94. The number of amides is 1. The number of halogens is 3. The Bertz CT molecular complexity index is 1080. The lowest BCUT2D eigenvalue weighted by molar-refractivity contribution is -0.384. The van der Waals surface area contributed by atoms with Gasteiger partial charge in [0.1, 0.15) is 18.9 Å². The molecule has 2 aromatic carbocycles. The van der Waals surface area contributed by atoms with Gasteiger partial charge in [-0.05, 0) is 29.8 Å². The fraction of sp³-hybridized carbons (Fsp3) is 0.381. The van der Waals surface area contributed by atoms with Gasteiger partial charge in [0.05, 0.1) is 22.4 Å². The first kappa shape index (κ1) is 23.6. The summed E-state index contributed by atoms with van der Waals surface area (Å²) in [5, 5.41) is 16.6. The molecule has 2 aliphatic heterocycles. The van der Waals surface area contributed by atoms with Crippen LogP contribution in [0.5, 0.6) is 11.5 Å². The lowest BCUT2D eigenvalue weighted by Crippen LogP contribution is -2.37. The van der Waals surface area contributed by atoms with Gasteiger partial charge in [-0.1, -0.05) is 6.07 Å². The number of carbonyl (C=O) groups excluding carboxylic acids is 1. The van der Waals surface area contributed by atoms with Crippen LogP contribution >= 0.6 is 0 Å². The summed E-state index contributed by atoms with van der Waals surface area (Å²) in [6, 6.07) is 7.40. The minimum Gasteiger partial charge on any atom is -0.486 e. The number of hydrogen-bond donors (Lipinski definition) is 4. The highest BCUT2D eigenvalue weighted by Gasteiger charge is 2.35. The SMILES string of the molecule is O=C(NCCNc1ccc(C(F)(F)F)cc1[N+](=O)[O-])C1CNNC1c1ccc2c(c1)OCCO2. The van der Waals surface area contributed by atoms with Crippen LogP contribution in [0.25, 0.3) is 0 Å². The molecular formula is C21H22F3N5O5. The van der Waals surface area contributed by atoms with E-state index in [4.69, 9.17) is 9.47 Å². The zero-order chi connectivity index (χ0) is 24.3. The molecule has 1 amide bonds. The number of carbonyl (C=O) groups is 1. The van der Waals surface area contributed by atoms with Crippen LogP contribution in [-0.4, -0.2) is 43.7 Å². The molecule has 34 heavy (non-hydrogen) atoms. The van der Waals surface area contributed by atoms with Gasteiger partial charge in [0.2, 0.25) is 5.91 Å². The summed E-state index contributed by atoms with van der Waals surface area (Å²) in [5.41, 5.74) is 5.02. The maximum absolute atomic E-state index is 12.8. The van der Waals surface area contributed by atoms with E-state index in [2.05, 4.69) is 21.5 Å². The largest absolute Gasteiger partial charge is 0.486 e. The van der Waals surface area contributed by atoms with Gasteiger partial charge in [0, 0.05) is 25.7 Å². The normalized spacial score (nSPS) is 19.5. The molecule has 1 fully saturated rings. The van der Waals surface area contributed by atoms with Crippen LogP contribution in [0.1, 0.15) is 17.2 Å². The Labute approximate surface area is 191 Å². The van der Waals surface area contributed by atoms with Gasteiger partial charge in [0.15, 0.2) is 11.5 Å². The summed E-state index contributed by atoms with van der Waals surface area (Å²) in [4.78, 5) is 23.0. The Morgan fingerprint density at radius 1 is 1.12 bits per heavy atom. The molecule has 4 rings (SSSR count). The van der Waals surface area contributed by atoms with Gasteiger partial charge in [-0.25, -0.2) is 5.43 Å². The highest BCUT2D eigenvalue weighted by atomic mass is 19.4. The molecule has 0 aliphatic carbocycles. The Balaban J connectivity index is 1.34. The third kappa shape index (κ3) is 5.15. The van der Waals surface area contributed by atoms with Gasteiger partial charge < -0.3 is 20.1 Å². The molecule has 0 bridgehead atoms. The maximum atomic E-state index is 12.8. The molecule has 2 unspecified atom stereocenters. The molecule has 1 saturated heterocycles. The van der Waals surface area contributed by atoms with Crippen molar-refractivity contribution in [1.29, 1.82) is 0 Å². The molecule has 10 nitrogen and oxygen atoms in total. The Morgan fingerprint density at radius 3 is 2.62 bits per heavy atom. The third-order valence-electron chi connectivity index (χ3n) is 5.51. The van der Waals surface area contributed by atoms with Gasteiger partial charge in [-0.2, -0.15) is 13.2 Å². The topological polar surface area (TPSA) is 127 Å². The van der Waals surface area contributed by atoms with Crippen LogP contribution in [0.15, 0.2) is 36.4 Å².